The van der Waals surface area contributed by atoms with E-state index >= 15 is 0 Å². The van der Waals surface area contributed by atoms with Crippen LogP contribution in [0.2, 0.25) is 10.0 Å². The smallest absolute Gasteiger partial charge is 0.257 e. The molecule has 0 radical (unpaired) electrons. The Morgan fingerprint density at radius 3 is 2.28 bits per heavy atom. The molecule has 0 aliphatic carbocycles. The van der Waals surface area contributed by atoms with E-state index in [4.69, 9.17) is 35.4 Å². The molecule has 1 fully saturated rings. The van der Waals surface area contributed by atoms with Crippen molar-refractivity contribution in [2.75, 3.05) is 13.1 Å². The molecule has 18 heavy (non-hydrogen) atoms. The normalized spacial score (nSPS) is 14.7. The van der Waals surface area contributed by atoms with Crippen LogP contribution in [0.3, 0.4) is 0 Å². The largest absolute Gasteiger partial charge is 0.349 e. The Hall–Kier alpha value is -0.840. The Balaban J connectivity index is 2.04. The second-order valence-electron chi connectivity index (χ2n) is 4.11. The van der Waals surface area contributed by atoms with Crippen molar-refractivity contribution in [3.63, 3.8) is 0 Å². The molecule has 0 aromatic heterocycles. The summed E-state index contributed by atoms with van der Waals surface area (Å²) >= 11 is 16.9. The molecular formula is C12H12Cl2N2OS. The first-order chi connectivity index (χ1) is 8.56. The maximum absolute atomic E-state index is 12.0. The van der Waals surface area contributed by atoms with Crippen molar-refractivity contribution in [1.29, 1.82) is 0 Å². The zero-order valence-electron chi connectivity index (χ0n) is 9.58. The van der Waals surface area contributed by atoms with E-state index in [9.17, 15) is 4.79 Å². The summed E-state index contributed by atoms with van der Waals surface area (Å²) in [6, 6.07) is 4.71. The number of halogens is 2. The van der Waals surface area contributed by atoms with Crippen LogP contribution < -0.4 is 5.32 Å². The number of thiocarbonyl (C=S) groups is 1. The first-order valence-corrected chi connectivity index (χ1v) is 6.79. The molecule has 0 bridgehead atoms. The van der Waals surface area contributed by atoms with Crippen LogP contribution in [-0.2, 0) is 0 Å². The van der Waals surface area contributed by atoms with Gasteiger partial charge in [-0.05, 0) is 43.3 Å². The fourth-order valence-electron chi connectivity index (χ4n) is 1.85. The first kappa shape index (κ1) is 13.6. The van der Waals surface area contributed by atoms with Crippen LogP contribution in [-0.4, -0.2) is 29.0 Å². The van der Waals surface area contributed by atoms with Gasteiger partial charge in [-0.2, -0.15) is 0 Å². The quantitative estimate of drug-likeness (QED) is 0.809. The first-order valence-electron chi connectivity index (χ1n) is 5.62. The minimum absolute atomic E-state index is 0.281. The van der Waals surface area contributed by atoms with Gasteiger partial charge in [0.2, 0.25) is 0 Å². The number of hydrogen-bond donors (Lipinski definition) is 1. The van der Waals surface area contributed by atoms with Gasteiger partial charge in [-0.3, -0.25) is 10.1 Å². The van der Waals surface area contributed by atoms with Crippen molar-refractivity contribution < 1.29 is 4.79 Å². The van der Waals surface area contributed by atoms with Crippen molar-refractivity contribution in [1.82, 2.24) is 10.2 Å². The van der Waals surface area contributed by atoms with Gasteiger partial charge in [0.25, 0.3) is 5.91 Å². The summed E-state index contributed by atoms with van der Waals surface area (Å²) in [4.78, 5) is 14.0. The van der Waals surface area contributed by atoms with E-state index in [1.807, 2.05) is 4.90 Å². The zero-order chi connectivity index (χ0) is 13.1. The van der Waals surface area contributed by atoms with Crippen LogP contribution in [0.5, 0.6) is 0 Å². The number of hydrogen-bond acceptors (Lipinski definition) is 2. The van der Waals surface area contributed by atoms with Gasteiger partial charge in [0.05, 0.1) is 0 Å². The van der Waals surface area contributed by atoms with Crippen molar-refractivity contribution in [3.8, 4) is 0 Å². The molecule has 0 atom stereocenters. The standard InChI is InChI=1S/C12H12Cl2N2OS/c13-9-5-8(6-10(14)7-9)11(17)15-12(18)16-3-1-2-4-16/h5-7H,1-4H2,(H,15,17,18). The van der Waals surface area contributed by atoms with Gasteiger partial charge >= 0.3 is 0 Å². The molecule has 1 heterocycles. The van der Waals surface area contributed by atoms with E-state index in [0.717, 1.165) is 25.9 Å². The van der Waals surface area contributed by atoms with Gasteiger partial charge < -0.3 is 4.90 Å². The summed E-state index contributed by atoms with van der Waals surface area (Å²) < 4.78 is 0. The molecule has 0 unspecified atom stereocenters. The number of likely N-dealkylation sites (tertiary alicyclic amines) is 1. The number of rotatable bonds is 1. The Kier molecular flexibility index (Phi) is 4.43. The maximum atomic E-state index is 12.0. The zero-order valence-corrected chi connectivity index (χ0v) is 11.9. The number of amides is 1. The van der Waals surface area contributed by atoms with Crippen LogP contribution >= 0.6 is 35.4 Å². The van der Waals surface area contributed by atoms with Crippen LogP contribution in [0.1, 0.15) is 23.2 Å². The summed E-state index contributed by atoms with van der Waals surface area (Å²) in [5, 5.41) is 4.02. The second kappa shape index (κ2) is 5.87. The van der Waals surface area contributed by atoms with E-state index in [1.165, 1.54) is 0 Å². The molecule has 0 spiro atoms. The van der Waals surface area contributed by atoms with Crippen molar-refractivity contribution >= 4 is 46.4 Å². The highest BCUT2D eigenvalue weighted by molar-refractivity contribution is 7.80. The lowest BCUT2D eigenvalue weighted by atomic mass is 10.2. The van der Waals surface area contributed by atoms with E-state index in [2.05, 4.69) is 5.32 Å². The van der Waals surface area contributed by atoms with Crippen molar-refractivity contribution in [2.24, 2.45) is 0 Å². The topological polar surface area (TPSA) is 32.3 Å². The van der Waals surface area contributed by atoms with Gasteiger partial charge in [-0.25, -0.2) is 0 Å². The molecular weight excluding hydrogens is 291 g/mol. The highest BCUT2D eigenvalue weighted by Gasteiger charge is 2.17. The summed E-state index contributed by atoms with van der Waals surface area (Å²) in [5.74, 6) is -0.281. The van der Waals surface area contributed by atoms with Crippen LogP contribution in [0.4, 0.5) is 0 Å². The Labute approximate surface area is 121 Å². The number of nitrogens with zero attached hydrogens (tertiary/aromatic N) is 1. The summed E-state index contributed by atoms with van der Waals surface area (Å²) in [6.07, 6.45) is 2.22. The number of carbonyl (C=O) groups excluding carboxylic acids is 1. The number of benzene rings is 1. The van der Waals surface area contributed by atoms with E-state index < -0.39 is 0 Å². The van der Waals surface area contributed by atoms with E-state index in [1.54, 1.807) is 18.2 Å². The number of carbonyl (C=O) groups is 1. The summed E-state index contributed by atoms with van der Waals surface area (Å²) in [7, 11) is 0. The lowest BCUT2D eigenvalue weighted by molar-refractivity contribution is 0.0974. The molecule has 1 aromatic rings. The predicted molar refractivity (Wildman–Crippen MR) is 77.3 cm³/mol. The Bertz CT molecular complexity index is 467. The molecule has 1 saturated heterocycles. The fraction of sp³-hybridized carbons (Fsp3) is 0.333. The molecule has 1 aliphatic heterocycles. The minimum Gasteiger partial charge on any atom is -0.349 e. The van der Waals surface area contributed by atoms with Gasteiger partial charge in [0, 0.05) is 28.7 Å². The van der Waals surface area contributed by atoms with Gasteiger partial charge in [0.15, 0.2) is 5.11 Å². The van der Waals surface area contributed by atoms with Crippen molar-refractivity contribution in [2.45, 2.75) is 12.8 Å². The molecule has 1 amide bonds. The Morgan fingerprint density at radius 2 is 1.72 bits per heavy atom. The second-order valence-corrected chi connectivity index (χ2v) is 5.37. The van der Waals surface area contributed by atoms with Gasteiger partial charge in [-0.15, -0.1) is 0 Å². The fourth-order valence-corrected chi connectivity index (χ4v) is 2.65. The highest BCUT2D eigenvalue weighted by atomic mass is 35.5. The third kappa shape index (κ3) is 3.34. The molecule has 0 saturated carbocycles. The molecule has 1 aliphatic rings. The predicted octanol–water partition coefficient (Wildman–Crippen LogP) is 3.10. The van der Waals surface area contributed by atoms with Crippen molar-refractivity contribution in [3.05, 3.63) is 33.8 Å². The average molecular weight is 303 g/mol. The third-order valence-electron chi connectivity index (χ3n) is 2.74. The van der Waals surface area contributed by atoms with E-state index in [0.29, 0.717) is 20.7 Å². The summed E-state index contributed by atoms with van der Waals surface area (Å²) in [5.41, 5.74) is 0.411. The van der Waals surface area contributed by atoms with Crippen LogP contribution in [0.25, 0.3) is 0 Å². The maximum Gasteiger partial charge on any atom is 0.257 e. The minimum atomic E-state index is -0.281. The van der Waals surface area contributed by atoms with Gasteiger partial charge in [0.1, 0.15) is 0 Å². The molecule has 2 rings (SSSR count). The molecule has 1 N–H and O–H groups in total. The van der Waals surface area contributed by atoms with Crippen LogP contribution in [0, 0.1) is 0 Å². The molecule has 1 aromatic carbocycles. The van der Waals surface area contributed by atoms with Crippen LogP contribution in [0.15, 0.2) is 18.2 Å². The molecule has 96 valence electrons. The Morgan fingerprint density at radius 1 is 1.17 bits per heavy atom. The molecule has 3 nitrogen and oxygen atoms in total. The summed E-state index contributed by atoms with van der Waals surface area (Å²) in [6.45, 7) is 1.80. The monoisotopic (exact) mass is 302 g/mol. The SMILES string of the molecule is O=C(NC(=S)N1CCCC1)c1cc(Cl)cc(Cl)c1. The average Bonchev–Trinajstić information content (AvgIpc) is 2.80. The highest BCUT2D eigenvalue weighted by Crippen LogP contribution is 2.19. The van der Waals surface area contributed by atoms with Gasteiger partial charge in [-0.1, -0.05) is 23.2 Å². The lowest BCUT2D eigenvalue weighted by Gasteiger charge is -2.18. The van der Waals surface area contributed by atoms with E-state index in [-0.39, 0.29) is 5.91 Å². The lowest BCUT2D eigenvalue weighted by Crippen LogP contribution is -2.41. The third-order valence-corrected chi connectivity index (χ3v) is 3.54. The number of nitrogens with one attached hydrogen (secondary N) is 1. The molecule has 6 heteroatoms.